The molecule has 0 aromatic heterocycles. The summed E-state index contributed by atoms with van der Waals surface area (Å²) in [5.74, 6) is 0.698. The van der Waals surface area contributed by atoms with Crippen molar-refractivity contribution in [2.75, 3.05) is 19.7 Å². The third-order valence-corrected chi connectivity index (χ3v) is 5.35. The lowest BCUT2D eigenvalue weighted by molar-refractivity contribution is -0.100. The topological polar surface area (TPSA) is 24.5 Å². The molecule has 3 nitrogen and oxygen atoms in total. The Morgan fingerprint density at radius 1 is 1.24 bits per heavy atom. The zero-order valence-electron chi connectivity index (χ0n) is 15.2. The Labute approximate surface area is 131 Å². The van der Waals surface area contributed by atoms with Gasteiger partial charge in [0.2, 0.25) is 0 Å². The highest BCUT2D eigenvalue weighted by molar-refractivity contribution is 4.97. The average Bonchev–Trinajstić information content (AvgIpc) is 2.35. The molecule has 2 rings (SSSR count). The Bertz CT molecular complexity index is 342. The van der Waals surface area contributed by atoms with Crippen LogP contribution in [-0.4, -0.2) is 48.3 Å². The van der Waals surface area contributed by atoms with Gasteiger partial charge in [0, 0.05) is 37.8 Å². The highest BCUT2D eigenvalue weighted by Gasteiger charge is 2.41. The predicted octanol–water partition coefficient (Wildman–Crippen LogP) is 3.29. The molecule has 0 bridgehead atoms. The van der Waals surface area contributed by atoms with Gasteiger partial charge in [-0.25, -0.2) is 0 Å². The Hall–Kier alpha value is -0.120. The van der Waals surface area contributed by atoms with E-state index in [0.29, 0.717) is 29.5 Å². The molecule has 21 heavy (non-hydrogen) atoms. The van der Waals surface area contributed by atoms with Crippen molar-refractivity contribution in [1.82, 2.24) is 10.2 Å². The standard InChI is InChI=1S/C18H36N2O/c1-13(2)15-11-19-16(17(3,4)5)12-20(15)14-8-9-21-18(6,7)10-14/h13-16,19H,8-12H2,1-7H3. The van der Waals surface area contributed by atoms with Gasteiger partial charge in [0.05, 0.1) is 5.60 Å². The van der Waals surface area contributed by atoms with Crippen LogP contribution in [-0.2, 0) is 4.74 Å². The van der Waals surface area contributed by atoms with Gasteiger partial charge in [-0.15, -0.1) is 0 Å². The minimum atomic E-state index is 0.0343. The van der Waals surface area contributed by atoms with Gasteiger partial charge in [-0.05, 0) is 38.0 Å². The van der Waals surface area contributed by atoms with Crippen molar-refractivity contribution < 1.29 is 4.74 Å². The van der Waals surface area contributed by atoms with Crippen molar-refractivity contribution in [3.63, 3.8) is 0 Å². The van der Waals surface area contributed by atoms with E-state index >= 15 is 0 Å². The minimum absolute atomic E-state index is 0.0343. The molecule has 0 amide bonds. The van der Waals surface area contributed by atoms with Crippen LogP contribution in [0.2, 0.25) is 0 Å². The first-order valence-electron chi connectivity index (χ1n) is 8.73. The summed E-state index contributed by atoms with van der Waals surface area (Å²) in [6.45, 7) is 19.5. The van der Waals surface area contributed by atoms with Gasteiger partial charge in [-0.1, -0.05) is 34.6 Å². The molecule has 2 fully saturated rings. The lowest BCUT2D eigenvalue weighted by Gasteiger charge is -2.52. The maximum Gasteiger partial charge on any atom is 0.0641 e. The summed E-state index contributed by atoms with van der Waals surface area (Å²) >= 11 is 0. The fourth-order valence-corrected chi connectivity index (χ4v) is 3.89. The molecule has 0 spiro atoms. The molecule has 2 aliphatic heterocycles. The van der Waals surface area contributed by atoms with Crippen LogP contribution in [0.4, 0.5) is 0 Å². The second-order valence-electron chi connectivity index (χ2n) is 9.09. The second kappa shape index (κ2) is 6.17. The minimum Gasteiger partial charge on any atom is -0.375 e. The van der Waals surface area contributed by atoms with Crippen molar-refractivity contribution >= 4 is 0 Å². The van der Waals surface area contributed by atoms with Crippen LogP contribution in [0, 0.1) is 11.3 Å². The number of rotatable bonds is 2. The molecule has 2 heterocycles. The highest BCUT2D eigenvalue weighted by atomic mass is 16.5. The summed E-state index contributed by atoms with van der Waals surface area (Å²) < 4.78 is 5.93. The quantitative estimate of drug-likeness (QED) is 0.846. The van der Waals surface area contributed by atoms with Gasteiger partial charge in [-0.2, -0.15) is 0 Å². The molecule has 0 aromatic rings. The normalized spacial score (nSPS) is 35.1. The summed E-state index contributed by atoms with van der Waals surface area (Å²) in [5, 5.41) is 3.81. The molecule has 1 N–H and O–H groups in total. The number of nitrogens with zero attached hydrogens (tertiary/aromatic N) is 1. The molecule has 2 saturated heterocycles. The summed E-state index contributed by atoms with van der Waals surface area (Å²) in [6, 6.07) is 1.91. The second-order valence-corrected chi connectivity index (χ2v) is 9.09. The first kappa shape index (κ1) is 17.2. The van der Waals surface area contributed by atoms with Crippen LogP contribution >= 0.6 is 0 Å². The maximum atomic E-state index is 5.93. The van der Waals surface area contributed by atoms with E-state index in [1.165, 1.54) is 13.0 Å². The summed E-state index contributed by atoms with van der Waals surface area (Å²) in [4.78, 5) is 2.81. The highest BCUT2D eigenvalue weighted by Crippen LogP contribution is 2.33. The van der Waals surface area contributed by atoms with E-state index in [9.17, 15) is 0 Å². The van der Waals surface area contributed by atoms with Gasteiger partial charge in [0.25, 0.3) is 0 Å². The average molecular weight is 296 g/mol. The van der Waals surface area contributed by atoms with E-state index in [1.807, 2.05) is 0 Å². The lowest BCUT2D eigenvalue weighted by atomic mass is 9.81. The molecular weight excluding hydrogens is 260 g/mol. The molecule has 0 radical (unpaired) electrons. The molecule has 2 aliphatic rings. The molecule has 3 heteroatoms. The third-order valence-electron chi connectivity index (χ3n) is 5.35. The van der Waals surface area contributed by atoms with Crippen LogP contribution in [0.15, 0.2) is 0 Å². The van der Waals surface area contributed by atoms with Gasteiger partial charge in [-0.3, -0.25) is 4.90 Å². The van der Waals surface area contributed by atoms with Crippen LogP contribution in [0.5, 0.6) is 0 Å². The monoisotopic (exact) mass is 296 g/mol. The zero-order valence-corrected chi connectivity index (χ0v) is 15.2. The number of hydrogen-bond donors (Lipinski definition) is 1. The third kappa shape index (κ3) is 4.20. The van der Waals surface area contributed by atoms with E-state index in [0.717, 1.165) is 19.6 Å². The van der Waals surface area contributed by atoms with E-state index in [-0.39, 0.29) is 5.60 Å². The number of hydrogen-bond acceptors (Lipinski definition) is 3. The van der Waals surface area contributed by atoms with Gasteiger partial charge in [0.1, 0.15) is 0 Å². The molecule has 0 saturated carbocycles. The Morgan fingerprint density at radius 3 is 2.43 bits per heavy atom. The smallest absolute Gasteiger partial charge is 0.0641 e. The van der Waals surface area contributed by atoms with Crippen molar-refractivity contribution in [3.05, 3.63) is 0 Å². The van der Waals surface area contributed by atoms with E-state index in [4.69, 9.17) is 4.74 Å². The summed E-state index contributed by atoms with van der Waals surface area (Å²) in [6.07, 6.45) is 2.34. The number of piperazine rings is 1. The van der Waals surface area contributed by atoms with Crippen molar-refractivity contribution in [2.24, 2.45) is 11.3 Å². The fourth-order valence-electron chi connectivity index (χ4n) is 3.89. The maximum absolute atomic E-state index is 5.93. The van der Waals surface area contributed by atoms with Crippen LogP contribution in [0.1, 0.15) is 61.3 Å². The fraction of sp³-hybridized carbons (Fsp3) is 1.00. The summed E-state index contributed by atoms with van der Waals surface area (Å²) in [7, 11) is 0. The molecule has 124 valence electrons. The molecular formula is C18H36N2O. The Morgan fingerprint density at radius 2 is 1.90 bits per heavy atom. The van der Waals surface area contributed by atoms with Crippen molar-refractivity contribution in [3.8, 4) is 0 Å². The molecule has 0 aromatic carbocycles. The number of ether oxygens (including phenoxy) is 1. The first-order chi connectivity index (χ1) is 9.60. The van der Waals surface area contributed by atoms with Gasteiger partial charge in [0.15, 0.2) is 0 Å². The predicted molar refractivity (Wildman–Crippen MR) is 89.6 cm³/mol. The van der Waals surface area contributed by atoms with Crippen molar-refractivity contribution in [1.29, 1.82) is 0 Å². The SMILES string of the molecule is CC(C)C1CNC(C(C)(C)C)CN1C1CCOC(C)(C)C1. The first-order valence-corrected chi connectivity index (χ1v) is 8.73. The Kier molecular flexibility index (Phi) is 5.07. The van der Waals surface area contributed by atoms with Gasteiger partial charge < -0.3 is 10.1 Å². The van der Waals surface area contributed by atoms with E-state index in [2.05, 4.69) is 58.7 Å². The molecule has 3 unspecified atom stereocenters. The van der Waals surface area contributed by atoms with Crippen molar-refractivity contribution in [2.45, 2.75) is 85.0 Å². The Balaban J connectivity index is 2.14. The van der Waals surface area contributed by atoms with Crippen LogP contribution < -0.4 is 5.32 Å². The largest absolute Gasteiger partial charge is 0.375 e. The lowest BCUT2D eigenvalue weighted by Crippen LogP contribution is -2.65. The van der Waals surface area contributed by atoms with E-state index < -0.39 is 0 Å². The number of nitrogens with one attached hydrogen (secondary N) is 1. The van der Waals surface area contributed by atoms with Gasteiger partial charge >= 0.3 is 0 Å². The summed E-state index contributed by atoms with van der Waals surface area (Å²) in [5.41, 5.74) is 0.355. The van der Waals surface area contributed by atoms with Crippen LogP contribution in [0.3, 0.4) is 0 Å². The molecule has 3 atom stereocenters. The zero-order chi connectivity index (χ0) is 15.8. The van der Waals surface area contributed by atoms with E-state index in [1.54, 1.807) is 0 Å². The molecule has 0 aliphatic carbocycles. The van der Waals surface area contributed by atoms with Crippen LogP contribution in [0.25, 0.3) is 0 Å².